The fraction of sp³-hybridized carbons (Fsp3) is 0.333. The number of carbonyl (C=O) groups excluding carboxylic acids is 1. The molecule has 0 aliphatic heterocycles. The number of nitrogens with zero attached hydrogens (tertiary/aromatic N) is 1. The summed E-state index contributed by atoms with van der Waals surface area (Å²) in [6.07, 6.45) is 3.76. The Labute approximate surface area is 153 Å². The van der Waals surface area contributed by atoms with Gasteiger partial charge in [-0.15, -0.1) is 0 Å². The molecule has 0 saturated heterocycles. The van der Waals surface area contributed by atoms with Crippen molar-refractivity contribution in [1.82, 2.24) is 10.3 Å². The van der Waals surface area contributed by atoms with Gasteiger partial charge in [-0.3, -0.25) is 14.5 Å². The summed E-state index contributed by atoms with van der Waals surface area (Å²) in [5.41, 5.74) is 0.288. The molecule has 26 heavy (non-hydrogen) atoms. The quantitative estimate of drug-likeness (QED) is 0.737. The molecule has 0 saturated carbocycles. The van der Waals surface area contributed by atoms with Gasteiger partial charge in [0.2, 0.25) is 0 Å². The fourth-order valence-electron chi connectivity index (χ4n) is 2.23. The molecule has 7 nitrogen and oxygen atoms in total. The molecule has 1 amide bonds. The lowest BCUT2D eigenvalue weighted by molar-refractivity contribution is 0.0944. The number of pyridine rings is 1. The van der Waals surface area contributed by atoms with E-state index in [0.717, 1.165) is 6.42 Å². The van der Waals surface area contributed by atoms with E-state index < -0.39 is 15.9 Å². The summed E-state index contributed by atoms with van der Waals surface area (Å²) in [5, 5.41) is 2.78. The van der Waals surface area contributed by atoms with E-state index in [1.165, 1.54) is 31.6 Å². The van der Waals surface area contributed by atoms with Crippen LogP contribution < -0.4 is 14.8 Å². The molecule has 2 aromatic rings. The Morgan fingerprint density at radius 3 is 2.69 bits per heavy atom. The predicted molar refractivity (Wildman–Crippen MR) is 99.8 cm³/mol. The zero-order valence-corrected chi connectivity index (χ0v) is 15.8. The minimum Gasteiger partial charge on any atom is -0.494 e. The van der Waals surface area contributed by atoms with Crippen molar-refractivity contribution >= 4 is 21.6 Å². The average molecular weight is 377 g/mol. The molecular weight excluding hydrogens is 354 g/mol. The van der Waals surface area contributed by atoms with E-state index in [2.05, 4.69) is 15.0 Å². The number of methoxy groups -OCH3 is 1. The Hall–Kier alpha value is -2.61. The molecule has 0 radical (unpaired) electrons. The number of amides is 1. The van der Waals surface area contributed by atoms with E-state index in [1.54, 1.807) is 18.2 Å². The first kappa shape index (κ1) is 19.7. The van der Waals surface area contributed by atoms with Gasteiger partial charge in [-0.2, -0.15) is 0 Å². The lowest BCUT2D eigenvalue weighted by Gasteiger charge is -2.15. The third-order valence-electron chi connectivity index (χ3n) is 3.97. The van der Waals surface area contributed by atoms with Crippen LogP contribution in [-0.2, 0) is 10.0 Å². The molecule has 140 valence electrons. The van der Waals surface area contributed by atoms with Crippen molar-refractivity contribution < 1.29 is 17.9 Å². The van der Waals surface area contributed by atoms with Crippen LogP contribution in [-0.4, -0.2) is 33.0 Å². The monoisotopic (exact) mass is 377 g/mol. The lowest BCUT2D eigenvalue weighted by atomic mass is 10.1. The Balaban J connectivity index is 2.31. The molecule has 1 heterocycles. The van der Waals surface area contributed by atoms with E-state index in [1.807, 2.05) is 13.8 Å². The SMILES string of the molecule is CCC(C)CNC(=O)c1ccccc1S(=O)(=O)Nc1cnccc1OC. The Kier molecular flexibility index (Phi) is 6.57. The van der Waals surface area contributed by atoms with E-state index in [4.69, 9.17) is 4.74 Å². The second kappa shape index (κ2) is 8.66. The maximum Gasteiger partial charge on any atom is 0.262 e. The van der Waals surface area contributed by atoms with Crippen LogP contribution in [0.2, 0.25) is 0 Å². The normalized spacial score (nSPS) is 12.3. The first-order valence-electron chi connectivity index (χ1n) is 8.27. The molecule has 0 bridgehead atoms. The highest BCUT2D eigenvalue weighted by Crippen LogP contribution is 2.26. The standard InChI is InChI=1S/C18H23N3O4S/c1-4-13(2)11-20-18(22)14-7-5-6-8-17(14)26(23,24)21-15-12-19-10-9-16(15)25-3/h5-10,12-13,21H,4,11H2,1-3H3,(H,20,22). The van der Waals surface area contributed by atoms with Gasteiger partial charge in [0.05, 0.1) is 18.9 Å². The number of sulfonamides is 1. The van der Waals surface area contributed by atoms with E-state index in [0.29, 0.717) is 18.2 Å². The van der Waals surface area contributed by atoms with Crippen LogP contribution in [0.4, 0.5) is 5.69 Å². The first-order valence-corrected chi connectivity index (χ1v) is 9.75. The van der Waals surface area contributed by atoms with Crippen LogP contribution in [0.3, 0.4) is 0 Å². The zero-order chi connectivity index (χ0) is 19.2. The van der Waals surface area contributed by atoms with Gasteiger partial charge >= 0.3 is 0 Å². The number of benzene rings is 1. The molecule has 1 aromatic heterocycles. The molecule has 8 heteroatoms. The number of aromatic nitrogens is 1. The highest BCUT2D eigenvalue weighted by molar-refractivity contribution is 7.92. The lowest BCUT2D eigenvalue weighted by Crippen LogP contribution is -2.30. The fourth-order valence-corrected chi connectivity index (χ4v) is 3.49. The van der Waals surface area contributed by atoms with Crippen LogP contribution in [0.1, 0.15) is 30.6 Å². The van der Waals surface area contributed by atoms with Gasteiger partial charge in [0.25, 0.3) is 15.9 Å². The molecular formula is C18H23N3O4S. The van der Waals surface area contributed by atoms with Crippen LogP contribution >= 0.6 is 0 Å². The van der Waals surface area contributed by atoms with Crippen molar-refractivity contribution in [2.75, 3.05) is 18.4 Å². The number of ether oxygens (including phenoxy) is 1. The van der Waals surface area contributed by atoms with Crippen LogP contribution in [0.5, 0.6) is 5.75 Å². The smallest absolute Gasteiger partial charge is 0.262 e. The molecule has 0 spiro atoms. The summed E-state index contributed by atoms with van der Waals surface area (Å²) in [6.45, 7) is 4.52. The summed E-state index contributed by atoms with van der Waals surface area (Å²) >= 11 is 0. The highest BCUT2D eigenvalue weighted by Gasteiger charge is 2.23. The molecule has 0 aliphatic carbocycles. The number of carbonyl (C=O) groups is 1. The van der Waals surface area contributed by atoms with Gasteiger partial charge in [0, 0.05) is 18.8 Å². The van der Waals surface area contributed by atoms with Gasteiger partial charge in [-0.1, -0.05) is 32.4 Å². The number of hydrogen-bond acceptors (Lipinski definition) is 5. The topological polar surface area (TPSA) is 97.4 Å². The summed E-state index contributed by atoms with van der Waals surface area (Å²) in [7, 11) is -2.56. The van der Waals surface area contributed by atoms with Crippen LogP contribution in [0, 0.1) is 5.92 Å². The molecule has 0 fully saturated rings. The maximum atomic E-state index is 12.8. The number of nitrogens with one attached hydrogen (secondary N) is 2. The van der Waals surface area contributed by atoms with Gasteiger partial charge in [-0.05, 0) is 18.1 Å². The Bertz CT molecular complexity index is 868. The average Bonchev–Trinajstić information content (AvgIpc) is 2.65. The second-order valence-electron chi connectivity index (χ2n) is 5.90. The molecule has 1 aromatic carbocycles. The second-order valence-corrected chi connectivity index (χ2v) is 7.55. The van der Waals surface area contributed by atoms with Crippen molar-refractivity contribution in [3.63, 3.8) is 0 Å². The molecule has 2 rings (SSSR count). The van der Waals surface area contributed by atoms with Gasteiger partial charge < -0.3 is 10.1 Å². The summed E-state index contributed by atoms with van der Waals surface area (Å²) < 4.78 is 33.2. The Morgan fingerprint density at radius 2 is 2.00 bits per heavy atom. The molecule has 1 unspecified atom stereocenters. The van der Waals surface area contributed by atoms with Crippen molar-refractivity contribution in [2.24, 2.45) is 5.92 Å². The van der Waals surface area contributed by atoms with E-state index in [-0.39, 0.29) is 16.1 Å². The number of hydrogen-bond donors (Lipinski definition) is 2. The van der Waals surface area contributed by atoms with Gasteiger partial charge in [0.15, 0.2) is 0 Å². The van der Waals surface area contributed by atoms with Gasteiger partial charge in [-0.25, -0.2) is 8.42 Å². The summed E-state index contributed by atoms with van der Waals surface area (Å²) in [6, 6.07) is 7.62. The zero-order valence-electron chi connectivity index (χ0n) is 15.0. The van der Waals surface area contributed by atoms with E-state index in [9.17, 15) is 13.2 Å². The van der Waals surface area contributed by atoms with Gasteiger partial charge in [0.1, 0.15) is 16.3 Å². The maximum absolute atomic E-state index is 12.8. The largest absolute Gasteiger partial charge is 0.494 e. The minimum absolute atomic E-state index is 0.0890. The summed E-state index contributed by atoms with van der Waals surface area (Å²) in [5.74, 6) is 0.215. The van der Waals surface area contributed by atoms with E-state index >= 15 is 0 Å². The predicted octanol–water partition coefficient (Wildman–Crippen LogP) is 2.67. The minimum atomic E-state index is -4.00. The number of rotatable bonds is 8. The van der Waals surface area contributed by atoms with Crippen molar-refractivity contribution in [3.05, 3.63) is 48.3 Å². The van der Waals surface area contributed by atoms with Crippen LogP contribution in [0.25, 0.3) is 0 Å². The van der Waals surface area contributed by atoms with Crippen molar-refractivity contribution in [3.8, 4) is 5.75 Å². The Morgan fingerprint density at radius 1 is 1.27 bits per heavy atom. The molecule has 0 aliphatic rings. The molecule has 2 N–H and O–H groups in total. The highest BCUT2D eigenvalue weighted by atomic mass is 32.2. The molecule has 1 atom stereocenters. The van der Waals surface area contributed by atoms with Crippen molar-refractivity contribution in [1.29, 1.82) is 0 Å². The van der Waals surface area contributed by atoms with Crippen molar-refractivity contribution in [2.45, 2.75) is 25.2 Å². The first-order chi connectivity index (χ1) is 12.4. The number of anilines is 1. The van der Waals surface area contributed by atoms with Crippen LogP contribution in [0.15, 0.2) is 47.6 Å². The third-order valence-corrected chi connectivity index (χ3v) is 5.40. The third kappa shape index (κ3) is 4.72. The summed E-state index contributed by atoms with van der Waals surface area (Å²) in [4.78, 5) is 16.3.